The highest BCUT2D eigenvalue weighted by Crippen LogP contribution is 2.21. The molecule has 1 saturated heterocycles. The van der Waals surface area contributed by atoms with E-state index in [1.54, 1.807) is 17.7 Å². The molecule has 0 aromatic carbocycles. The lowest BCUT2D eigenvalue weighted by atomic mass is 10.1. The fourth-order valence-corrected chi connectivity index (χ4v) is 3.39. The number of hydrogen-bond donors (Lipinski definition) is 0. The van der Waals surface area contributed by atoms with Crippen LogP contribution in [0.2, 0.25) is 0 Å². The molecule has 7 heteroatoms. The molecule has 118 valence electrons. The molecule has 1 aliphatic rings. The van der Waals surface area contributed by atoms with Crippen molar-refractivity contribution in [1.29, 1.82) is 0 Å². The summed E-state index contributed by atoms with van der Waals surface area (Å²) in [7, 11) is 1.89. The second-order valence-corrected chi connectivity index (χ2v) is 6.46. The molecule has 6 nitrogen and oxygen atoms in total. The van der Waals surface area contributed by atoms with Crippen LogP contribution in [0.4, 0.5) is 0 Å². The Hall–Kier alpha value is -1.73. The maximum Gasteiger partial charge on any atom is 0.222 e. The first kappa shape index (κ1) is 15.2. The van der Waals surface area contributed by atoms with Gasteiger partial charge in [0.2, 0.25) is 5.91 Å². The predicted octanol–water partition coefficient (Wildman–Crippen LogP) is 1.80. The number of aryl methyl sites for hydroxylation is 2. The number of nitrogens with zero attached hydrogens (tertiary/aromatic N) is 4. The highest BCUT2D eigenvalue weighted by molar-refractivity contribution is 7.09. The normalized spacial score (nSPS) is 18.6. The lowest BCUT2D eigenvalue weighted by Gasteiger charge is -2.32. The molecule has 1 fully saturated rings. The average Bonchev–Trinajstić information content (AvgIpc) is 3.19. The van der Waals surface area contributed by atoms with Gasteiger partial charge in [0.15, 0.2) is 5.82 Å². The van der Waals surface area contributed by atoms with Crippen molar-refractivity contribution < 1.29 is 9.53 Å². The topological polar surface area (TPSA) is 60.2 Å². The Kier molecular flexibility index (Phi) is 4.84. The maximum atomic E-state index is 12.4. The Labute approximate surface area is 133 Å². The molecule has 0 bridgehead atoms. The first-order valence-corrected chi connectivity index (χ1v) is 8.37. The van der Waals surface area contributed by atoms with E-state index in [9.17, 15) is 4.79 Å². The number of carbonyl (C=O) groups excluding carboxylic acids is 1. The van der Waals surface area contributed by atoms with Crippen molar-refractivity contribution in [2.75, 3.05) is 19.7 Å². The number of carbonyl (C=O) groups is 1. The molecule has 0 radical (unpaired) electrons. The summed E-state index contributed by atoms with van der Waals surface area (Å²) < 4.78 is 7.57. The Morgan fingerprint density at radius 1 is 1.55 bits per heavy atom. The summed E-state index contributed by atoms with van der Waals surface area (Å²) in [5, 5.41) is 10.0. The predicted molar refractivity (Wildman–Crippen MR) is 83.5 cm³/mol. The van der Waals surface area contributed by atoms with E-state index in [0.29, 0.717) is 26.1 Å². The molecule has 2 aromatic heterocycles. The van der Waals surface area contributed by atoms with Crippen molar-refractivity contribution in [2.45, 2.75) is 25.4 Å². The molecule has 0 aliphatic carbocycles. The fraction of sp³-hybridized carbons (Fsp3) is 0.533. The molecule has 2 aromatic rings. The first-order valence-electron chi connectivity index (χ1n) is 7.49. The molecular weight excluding hydrogens is 300 g/mol. The summed E-state index contributed by atoms with van der Waals surface area (Å²) in [5.41, 5.74) is 0. The zero-order valence-electron chi connectivity index (χ0n) is 12.6. The van der Waals surface area contributed by atoms with Gasteiger partial charge < -0.3 is 14.2 Å². The molecule has 0 saturated carbocycles. The van der Waals surface area contributed by atoms with E-state index in [1.807, 2.05) is 16.5 Å². The van der Waals surface area contributed by atoms with Gasteiger partial charge in [-0.05, 0) is 24.3 Å². The summed E-state index contributed by atoms with van der Waals surface area (Å²) in [6.07, 6.45) is 3.93. The number of rotatable bonds is 5. The molecule has 22 heavy (non-hydrogen) atoms. The van der Waals surface area contributed by atoms with E-state index in [-0.39, 0.29) is 12.0 Å². The Morgan fingerprint density at radius 3 is 3.18 bits per heavy atom. The zero-order chi connectivity index (χ0) is 15.4. The van der Waals surface area contributed by atoms with Crippen molar-refractivity contribution in [2.24, 2.45) is 7.05 Å². The standard InChI is InChI=1S/C15H20N4O2S/c1-18-11-16-17-15(18)13-10-19(7-8-21-13)14(20)6-2-4-12-5-3-9-22-12/h3,5,9,11,13H,2,4,6-8,10H2,1H3. The number of hydrogen-bond acceptors (Lipinski definition) is 5. The minimum Gasteiger partial charge on any atom is -0.366 e. The van der Waals surface area contributed by atoms with Crippen LogP contribution in [0.1, 0.15) is 29.6 Å². The highest BCUT2D eigenvalue weighted by atomic mass is 32.1. The molecule has 1 atom stereocenters. The van der Waals surface area contributed by atoms with Gasteiger partial charge in [-0.1, -0.05) is 6.07 Å². The molecule has 1 unspecified atom stereocenters. The Bertz CT molecular complexity index is 611. The lowest BCUT2D eigenvalue weighted by molar-refractivity contribution is -0.139. The number of ether oxygens (including phenoxy) is 1. The number of thiophene rings is 1. The van der Waals surface area contributed by atoms with Crippen LogP contribution >= 0.6 is 11.3 Å². The van der Waals surface area contributed by atoms with Gasteiger partial charge in [0.1, 0.15) is 12.4 Å². The van der Waals surface area contributed by atoms with Crippen LogP contribution < -0.4 is 0 Å². The quantitative estimate of drug-likeness (QED) is 0.843. The van der Waals surface area contributed by atoms with E-state index in [4.69, 9.17) is 4.74 Å². The van der Waals surface area contributed by atoms with E-state index < -0.39 is 0 Å². The first-order chi connectivity index (χ1) is 10.7. The maximum absolute atomic E-state index is 12.4. The van der Waals surface area contributed by atoms with Crippen molar-refractivity contribution in [3.8, 4) is 0 Å². The lowest BCUT2D eigenvalue weighted by Crippen LogP contribution is -2.42. The molecule has 0 N–H and O–H groups in total. The molecular formula is C15H20N4O2S. The molecule has 3 rings (SSSR count). The second kappa shape index (κ2) is 7.02. The molecule has 1 aliphatic heterocycles. The molecule has 3 heterocycles. The van der Waals surface area contributed by atoms with Crippen LogP contribution in [0.3, 0.4) is 0 Å². The van der Waals surface area contributed by atoms with Crippen molar-refractivity contribution in [3.63, 3.8) is 0 Å². The largest absolute Gasteiger partial charge is 0.366 e. The summed E-state index contributed by atoms with van der Waals surface area (Å²) in [5.74, 6) is 0.975. The third kappa shape index (κ3) is 3.53. The summed E-state index contributed by atoms with van der Waals surface area (Å²) in [6.45, 7) is 1.77. The number of amides is 1. The van der Waals surface area contributed by atoms with Gasteiger partial charge in [-0.15, -0.1) is 21.5 Å². The summed E-state index contributed by atoms with van der Waals surface area (Å²) in [6, 6.07) is 4.17. The van der Waals surface area contributed by atoms with E-state index in [1.165, 1.54) is 4.88 Å². The minimum absolute atomic E-state index is 0.178. The Morgan fingerprint density at radius 2 is 2.45 bits per heavy atom. The van der Waals surface area contributed by atoms with Gasteiger partial charge in [0, 0.05) is 24.9 Å². The van der Waals surface area contributed by atoms with Crippen molar-refractivity contribution in [1.82, 2.24) is 19.7 Å². The number of aromatic nitrogens is 3. The van der Waals surface area contributed by atoms with Crippen LogP contribution in [0.15, 0.2) is 23.8 Å². The van der Waals surface area contributed by atoms with Crippen LogP contribution in [0.5, 0.6) is 0 Å². The highest BCUT2D eigenvalue weighted by Gasteiger charge is 2.27. The van der Waals surface area contributed by atoms with Gasteiger partial charge in [0.05, 0.1) is 13.2 Å². The molecule has 1 amide bonds. The van der Waals surface area contributed by atoms with Crippen molar-refractivity contribution >= 4 is 17.2 Å². The zero-order valence-corrected chi connectivity index (χ0v) is 13.5. The third-order valence-electron chi connectivity index (χ3n) is 3.85. The second-order valence-electron chi connectivity index (χ2n) is 5.43. The summed E-state index contributed by atoms with van der Waals surface area (Å²) in [4.78, 5) is 15.6. The summed E-state index contributed by atoms with van der Waals surface area (Å²) >= 11 is 1.75. The van der Waals surface area contributed by atoms with E-state index in [2.05, 4.69) is 27.7 Å². The molecule has 0 spiro atoms. The average molecular weight is 320 g/mol. The van der Waals surface area contributed by atoms with Crippen LogP contribution in [0, 0.1) is 0 Å². The van der Waals surface area contributed by atoms with E-state index >= 15 is 0 Å². The van der Waals surface area contributed by atoms with Crippen LogP contribution in [-0.2, 0) is 23.0 Å². The van der Waals surface area contributed by atoms with Gasteiger partial charge in [-0.25, -0.2) is 0 Å². The number of morpholine rings is 1. The SMILES string of the molecule is Cn1cnnc1C1CN(C(=O)CCCc2cccs2)CCO1. The Balaban J connectivity index is 1.51. The van der Waals surface area contributed by atoms with Crippen molar-refractivity contribution in [3.05, 3.63) is 34.5 Å². The van der Waals surface area contributed by atoms with E-state index in [0.717, 1.165) is 18.7 Å². The smallest absolute Gasteiger partial charge is 0.222 e. The third-order valence-corrected chi connectivity index (χ3v) is 4.78. The van der Waals surface area contributed by atoms with Crippen LogP contribution in [-0.4, -0.2) is 45.3 Å². The van der Waals surface area contributed by atoms with Gasteiger partial charge >= 0.3 is 0 Å². The fourth-order valence-electron chi connectivity index (χ4n) is 2.64. The van der Waals surface area contributed by atoms with Gasteiger partial charge in [0.25, 0.3) is 0 Å². The van der Waals surface area contributed by atoms with Gasteiger partial charge in [-0.2, -0.15) is 0 Å². The minimum atomic E-state index is -0.178. The van der Waals surface area contributed by atoms with Crippen LogP contribution in [0.25, 0.3) is 0 Å². The monoisotopic (exact) mass is 320 g/mol. The van der Waals surface area contributed by atoms with Gasteiger partial charge in [-0.3, -0.25) is 4.79 Å².